The molecule has 0 atom stereocenters. The number of nitrogens with zero attached hydrogens (tertiary/aromatic N) is 1. The second kappa shape index (κ2) is 3.86. The fourth-order valence-electron chi connectivity index (χ4n) is 2.58. The molecule has 1 aliphatic rings. The van der Waals surface area contributed by atoms with Crippen LogP contribution >= 0.6 is 0 Å². The van der Waals surface area contributed by atoms with E-state index in [-0.39, 0.29) is 0 Å². The van der Waals surface area contributed by atoms with Gasteiger partial charge in [0.25, 0.3) is 0 Å². The molecule has 1 fully saturated rings. The van der Waals surface area contributed by atoms with Crippen LogP contribution in [0, 0.1) is 0 Å². The molecule has 0 spiro atoms. The molecule has 0 saturated heterocycles. The Morgan fingerprint density at radius 2 is 2.07 bits per heavy atom. The van der Waals surface area contributed by atoms with Crippen molar-refractivity contribution >= 4 is 0 Å². The third kappa shape index (κ3) is 2.00. The molecular formula is C13H19NO. The summed E-state index contributed by atoms with van der Waals surface area (Å²) in [7, 11) is 4.23. The first-order valence-corrected chi connectivity index (χ1v) is 5.57. The Morgan fingerprint density at radius 3 is 2.53 bits per heavy atom. The van der Waals surface area contributed by atoms with E-state index in [2.05, 4.69) is 25.1 Å². The van der Waals surface area contributed by atoms with E-state index >= 15 is 0 Å². The number of hydrogen-bond donors (Lipinski definition) is 1. The molecule has 2 rings (SSSR count). The monoisotopic (exact) mass is 205 g/mol. The van der Waals surface area contributed by atoms with Gasteiger partial charge in [0.15, 0.2) is 0 Å². The molecule has 0 bridgehead atoms. The average molecular weight is 205 g/mol. The van der Waals surface area contributed by atoms with E-state index in [0.717, 1.165) is 6.54 Å². The van der Waals surface area contributed by atoms with E-state index in [0.29, 0.717) is 11.2 Å². The van der Waals surface area contributed by atoms with Crippen LogP contribution in [0.25, 0.3) is 0 Å². The minimum absolute atomic E-state index is 0.294. The molecule has 0 aliphatic heterocycles. The molecule has 82 valence electrons. The summed E-state index contributed by atoms with van der Waals surface area (Å²) >= 11 is 0. The van der Waals surface area contributed by atoms with Gasteiger partial charge >= 0.3 is 0 Å². The zero-order valence-electron chi connectivity index (χ0n) is 9.53. The number of hydrogen-bond acceptors (Lipinski definition) is 2. The van der Waals surface area contributed by atoms with Gasteiger partial charge < -0.3 is 10.0 Å². The van der Waals surface area contributed by atoms with Crippen molar-refractivity contribution in [1.29, 1.82) is 0 Å². The number of benzene rings is 1. The zero-order valence-corrected chi connectivity index (χ0v) is 9.53. The highest BCUT2D eigenvalue weighted by molar-refractivity contribution is 5.35. The first-order chi connectivity index (χ1) is 7.12. The standard InChI is InChI=1S/C13H19NO/c1-14(2)10-13(7-4-8-13)11-5-3-6-12(15)9-11/h3,5-6,9,15H,4,7-8,10H2,1-2H3. The van der Waals surface area contributed by atoms with Gasteiger partial charge in [0.05, 0.1) is 0 Å². The molecule has 1 N–H and O–H groups in total. The highest BCUT2D eigenvalue weighted by atomic mass is 16.3. The first-order valence-electron chi connectivity index (χ1n) is 5.57. The van der Waals surface area contributed by atoms with Crippen molar-refractivity contribution in [2.45, 2.75) is 24.7 Å². The van der Waals surface area contributed by atoms with E-state index in [9.17, 15) is 5.11 Å². The van der Waals surface area contributed by atoms with Gasteiger partial charge in [-0.1, -0.05) is 18.6 Å². The third-order valence-corrected chi connectivity index (χ3v) is 3.39. The van der Waals surface area contributed by atoms with Crippen LogP contribution in [0.1, 0.15) is 24.8 Å². The maximum absolute atomic E-state index is 9.52. The molecule has 1 aromatic carbocycles. The van der Waals surface area contributed by atoms with Crippen molar-refractivity contribution in [3.05, 3.63) is 29.8 Å². The average Bonchev–Trinajstić information content (AvgIpc) is 2.11. The highest BCUT2D eigenvalue weighted by Gasteiger charge is 2.38. The third-order valence-electron chi connectivity index (χ3n) is 3.39. The molecule has 0 unspecified atom stereocenters. The Labute approximate surface area is 91.5 Å². The lowest BCUT2D eigenvalue weighted by molar-refractivity contribution is 0.177. The van der Waals surface area contributed by atoms with Crippen LogP contribution < -0.4 is 0 Å². The van der Waals surface area contributed by atoms with Gasteiger partial charge in [0, 0.05) is 12.0 Å². The van der Waals surface area contributed by atoms with Gasteiger partial charge in [-0.2, -0.15) is 0 Å². The van der Waals surface area contributed by atoms with Gasteiger partial charge in [-0.3, -0.25) is 0 Å². The minimum Gasteiger partial charge on any atom is -0.508 e. The lowest BCUT2D eigenvalue weighted by atomic mass is 9.64. The summed E-state index contributed by atoms with van der Waals surface area (Å²) in [5.41, 5.74) is 1.59. The fourth-order valence-corrected chi connectivity index (χ4v) is 2.58. The SMILES string of the molecule is CN(C)CC1(c2cccc(O)c2)CCC1. The molecule has 2 heteroatoms. The van der Waals surface area contributed by atoms with Crippen molar-refractivity contribution in [3.8, 4) is 5.75 Å². The maximum Gasteiger partial charge on any atom is 0.115 e. The molecule has 1 aromatic rings. The van der Waals surface area contributed by atoms with Crippen LogP contribution in [0.3, 0.4) is 0 Å². The van der Waals surface area contributed by atoms with Crippen LogP contribution in [0.5, 0.6) is 5.75 Å². The predicted molar refractivity (Wildman–Crippen MR) is 62.2 cm³/mol. The van der Waals surface area contributed by atoms with Gasteiger partial charge in [-0.15, -0.1) is 0 Å². The maximum atomic E-state index is 9.52. The summed E-state index contributed by atoms with van der Waals surface area (Å²) in [6.45, 7) is 1.08. The van der Waals surface area contributed by atoms with Crippen LogP contribution in [-0.2, 0) is 5.41 Å². The molecule has 1 saturated carbocycles. The summed E-state index contributed by atoms with van der Waals surface area (Å²) in [6.07, 6.45) is 3.80. The fraction of sp³-hybridized carbons (Fsp3) is 0.538. The number of likely N-dealkylation sites (N-methyl/N-ethyl adjacent to an activating group) is 1. The molecule has 0 aromatic heterocycles. The van der Waals surface area contributed by atoms with E-state index in [1.165, 1.54) is 24.8 Å². The number of aromatic hydroxyl groups is 1. The van der Waals surface area contributed by atoms with E-state index < -0.39 is 0 Å². The zero-order chi connectivity index (χ0) is 10.9. The molecule has 15 heavy (non-hydrogen) atoms. The normalized spacial score (nSPS) is 18.9. The Morgan fingerprint density at radius 1 is 1.33 bits per heavy atom. The van der Waals surface area contributed by atoms with Gasteiger partial charge in [-0.25, -0.2) is 0 Å². The summed E-state index contributed by atoms with van der Waals surface area (Å²) < 4.78 is 0. The van der Waals surface area contributed by atoms with E-state index in [1.807, 2.05) is 12.1 Å². The summed E-state index contributed by atoms with van der Waals surface area (Å²) in [4.78, 5) is 2.24. The first kappa shape index (κ1) is 10.5. The van der Waals surface area contributed by atoms with Crippen molar-refractivity contribution < 1.29 is 5.11 Å². The Bertz CT molecular complexity index is 342. The van der Waals surface area contributed by atoms with Crippen LogP contribution in [-0.4, -0.2) is 30.6 Å². The largest absolute Gasteiger partial charge is 0.508 e. The van der Waals surface area contributed by atoms with E-state index in [1.54, 1.807) is 6.07 Å². The Hall–Kier alpha value is -1.02. The molecular weight excluding hydrogens is 186 g/mol. The van der Waals surface area contributed by atoms with Crippen LogP contribution in [0.4, 0.5) is 0 Å². The second-order valence-corrected chi connectivity index (χ2v) is 4.92. The van der Waals surface area contributed by atoms with Crippen molar-refractivity contribution in [2.75, 3.05) is 20.6 Å². The van der Waals surface area contributed by atoms with E-state index in [4.69, 9.17) is 0 Å². The smallest absolute Gasteiger partial charge is 0.115 e. The lowest BCUT2D eigenvalue weighted by Crippen LogP contribution is -2.43. The van der Waals surface area contributed by atoms with Crippen molar-refractivity contribution in [1.82, 2.24) is 4.90 Å². The van der Waals surface area contributed by atoms with Crippen molar-refractivity contribution in [2.24, 2.45) is 0 Å². The number of phenols is 1. The topological polar surface area (TPSA) is 23.5 Å². The Balaban J connectivity index is 2.26. The Kier molecular flexibility index (Phi) is 2.70. The summed E-state index contributed by atoms with van der Waals surface area (Å²) in [5.74, 6) is 0.387. The van der Waals surface area contributed by atoms with Crippen molar-refractivity contribution in [3.63, 3.8) is 0 Å². The van der Waals surface area contributed by atoms with Crippen LogP contribution in [0.2, 0.25) is 0 Å². The molecule has 0 heterocycles. The predicted octanol–water partition coefficient (Wildman–Crippen LogP) is 2.38. The highest BCUT2D eigenvalue weighted by Crippen LogP contribution is 2.44. The van der Waals surface area contributed by atoms with Gasteiger partial charge in [0.1, 0.15) is 5.75 Å². The summed E-state index contributed by atoms with van der Waals surface area (Å²) in [5, 5.41) is 9.52. The van der Waals surface area contributed by atoms with Gasteiger partial charge in [0.2, 0.25) is 0 Å². The molecule has 2 nitrogen and oxygen atoms in total. The number of phenolic OH excluding ortho intramolecular Hbond substituents is 1. The number of rotatable bonds is 3. The van der Waals surface area contributed by atoms with Crippen LogP contribution in [0.15, 0.2) is 24.3 Å². The lowest BCUT2D eigenvalue weighted by Gasteiger charge is -2.44. The molecule has 0 radical (unpaired) electrons. The van der Waals surface area contributed by atoms with Gasteiger partial charge in [-0.05, 0) is 44.6 Å². The summed E-state index contributed by atoms with van der Waals surface area (Å²) in [6, 6.07) is 7.75. The molecule has 1 aliphatic carbocycles. The second-order valence-electron chi connectivity index (χ2n) is 4.92. The quantitative estimate of drug-likeness (QED) is 0.819. The molecule has 0 amide bonds. The minimum atomic E-state index is 0.294.